The molecule has 1 aliphatic rings. The Hall–Kier alpha value is -2.43. The Bertz CT molecular complexity index is 743. The van der Waals surface area contributed by atoms with Gasteiger partial charge in [0, 0.05) is 24.8 Å². The van der Waals surface area contributed by atoms with E-state index in [1.807, 2.05) is 11.0 Å². The van der Waals surface area contributed by atoms with Crippen molar-refractivity contribution in [3.05, 3.63) is 65.7 Å². The number of hydrogen-bond donors (Lipinski definition) is 1. The average Bonchev–Trinajstić information content (AvgIpc) is 2.65. The van der Waals surface area contributed by atoms with Crippen molar-refractivity contribution in [2.75, 3.05) is 18.4 Å². The minimum absolute atomic E-state index is 0.00658. The summed E-state index contributed by atoms with van der Waals surface area (Å²) in [4.78, 5) is 14.5. The lowest BCUT2D eigenvalue weighted by Gasteiger charge is -2.34. The molecule has 1 N–H and O–H groups in total. The molecule has 0 spiro atoms. The SMILES string of the molecule is CC(Nc1ccc(F)c(F)c1)C(=O)N1CCC(Cc2ccccc2)CC1. The highest BCUT2D eigenvalue weighted by Crippen LogP contribution is 2.22. The third-order valence-corrected chi connectivity index (χ3v) is 4.97. The smallest absolute Gasteiger partial charge is 0.244 e. The van der Waals surface area contributed by atoms with Crippen molar-refractivity contribution in [2.45, 2.75) is 32.2 Å². The van der Waals surface area contributed by atoms with Gasteiger partial charge in [-0.05, 0) is 49.8 Å². The van der Waals surface area contributed by atoms with Crippen LogP contribution in [0.5, 0.6) is 0 Å². The van der Waals surface area contributed by atoms with Gasteiger partial charge in [0.05, 0.1) is 0 Å². The molecule has 1 atom stereocenters. The predicted molar refractivity (Wildman–Crippen MR) is 98.9 cm³/mol. The van der Waals surface area contributed by atoms with Crippen LogP contribution in [0.4, 0.5) is 14.5 Å². The fourth-order valence-corrected chi connectivity index (χ4v) is 3.48. The van der Waals surface area contributed by atoms with Gasteiger partial charge in [-0.25, -0.2) is 8.78 Å². The van der Waals surface area contributed by atoms with Crippen LogP contribution < -0.4 is 5.32 Å². The lowest BCUT2D eigenvalue weighted by atomic mass is 9.90. The van der Waals surface area contributed by atoms with Crippen molar-refractivity contribution in [2.24, 2.45) is 5.92 Å². The maximum Gasteiger partial charge on any atom is 0.244 e. The van der Waals surface area contributed by atoms with E-state index in [1.54, 1.807) is 6.92 Å². The normalized spacial score (nSPS) is 16.3. The maximum atomic E-state index is 13.3. The molecule has 1 amide bonds. The number of rotatable bonds is 5. The molecule has 2 aromatic carbocycles. The van der Waals surface area contributed by atoms with Gasteiger partial charge in [0.25, 0.3) is 0 Å². The molecule has 1 fully saturated rings. The summed E-state index contributed by atoms with van der Waals surface area (Å²) in [6.45, 7) is 3.22. The molecule has 0 aliphatic carbocycles. The van der Waals surface area contributed by atoms with Gasteiger partial charge >= 0.3 is 0 Å². The molecule has 2 aromatic rings. The molecule has 0 radical (unpaired) electrons. The lowest BCUT2D eigenvalue weighted by Crippen LogP contribution is -2.45. The van der Waals surface area contributed by atoms with E-state index in [0.717, 1.165) is 44.5 Å². The molecule has 3 nitrogen and oxygen atoms in total. The van der Waals surface area contributed by atoms with Gasteiger partial charge < -0.3 is 10.2 Å². The second-order valence-corrected chi connectivity index (χ2v) is 6.95. The van der Waals surface area contributed by atoms with Gasteiger partial charge in [0.2, 0.25) is 5.91 Å². The molecular weight excluding hydrogens is 334 g/mol. The number of piperidine rings is 1. The monoisotopic (exact) mass is 358 g/mol. The van der Waals surface area contributed by atoms with E-state index >= 15 is 0 Å². The first-order valence-electron chi connectivity index (χ1n) is 9.07. The zero-order valence-corrected chi connectivity index (χ0v) is 14.9. The first-order valence-corrected chi connectivity index (χ1v) is 9.07. The van der Waals surface area contributed by atoms with E-state index in [4.69, 9.17) is 0 Å². The quantitative estimate of drug-likeness (QED) is 0.867. The second kappa shape index (κ2) is 8.30. The molecule has 0 aromatic heterocycles. The van der Waals surface area contributed by atoms with Crippen LogP contribution in [0.3, 0.4) is 0 Å². The molecule has 0 bridgehead atoms. The number of nitrogens with zero attached hydrogens (tertiary/aromatic N) is 1. The summed E-state index contributed by atoms with van der Waals surface area (Å²) in [5.41, 5.74) is 1.74. The largest absolute Gasteiger partial charge is 0.374 e. The number of hydrogen-bond acceptors (Lipinski definition) is 2. The number of nitrogens with one attached hydrogen (secondary N) is 1. The Kier molecular flexibility index (Phi) is 5.86. The first kappa shape index (κ1) is 18.4. The number of carbonyl (C=O) groups is 1. The minimum atomic E-state index is -0.920. The summed E-state index contributed by atoms with van der Waals surface area (Å²) in [7, 11) is 0. The van der Waals surface area contributed by atoms with E-state index in [9.17, 15) is 13.6 Å². The van der Waals surface area contributed by atoms with E-state index in [0.29, 0.717) is 11.6 Å². The number of likely N-dealkylation sites (tertiary alicyclic amines) is 1. The molecule has 138 valence electrons. The summed E-state index contributed by atoms with van der Waals surface area (Å²) in [5, 5.41) is 2.96. The lowest BCUT2D eigenvalue weighted by molar-refractivity contribution is -0.133. The van der Waals surface area contributed by atoms with E-state index in [1.165, 1.54) is 11.6 Å². The Balaban J connectivity index is 1.50. The maximum absolute atomic E-state index is 13.3. The van der Waals surface area contributed by atoms with Gasteiger partial charge in [0.1, 0.15) is 6.04 Å². The average molecular weight is 358 g/mol. The molecule has 3 rings (SSSR count). The van der Waals surface area contributed by atoms with Gasteiger partial charge in [-0.15, -0.1) is 0 Å². The van der Waals surface area contributed by atoms with Crippen LogP contribution in [0.2, 0.25) is 0 Å². The van der Waals surface area contributed by atoms with Crippen molar-refractivity contribution in [3.63, 3.8) is 0 Å². The molecule has 1 aliphatic heterocycles. The highest BCUT2D eigenvalue weighted by Gasteiger charge is 2.26. The highest BCUT2D eigenvalue weighted by molar-refractivity contribution is 5.84. The summed E-state index contributed by atoms with van der Waals surface area (Å²) < 4.78 is 26.3. The standard InChI is InChI=1S/C21H24F2N2O/c1-15(24-18-7-8-19(22)20(23)14-18)21(26)25-11-9-17(10-12-25)13-16-5-3-2-4-6-16/h2-8,14-15,17,24H,9-13H2,1H3. The van der Waals surface area contributed by atoms with Crippen LogP contribution in [-0.4, -0.2) is 29.9 Å². The van der Waals surface area contributed by atoms with Crippen LogP contribution in [0.1, 0.15) is 25.3 Å². The van der Waals surface area contributed by atoms with Crippen LogP contribution >= 0.6 is 0 Å². The number of halogens is 2. The van der Waals surface area contributed by atoms with E-state index in [-0.39, 0.29) is 5.91 Å². The van der Waals surface area contributed by atoms with Crippen molar-refractivity contribution < 1.29 is 13.6 Å². The third kappa shape index (κ3) is 4.59. The van der Waals surface area contributed by atoms with Crippen LogP contribution in [0.25, 0.3) is 0 Å². The van der Waals surface area contributed by atoms with Gasteiger partial charge in [-0.3, -0.25) is 4.79 Å². The zero-order chi connectivity index (χ0) is 18.5. The topological polar surface area (TPSA) is 32.3 Å². The van der Waals surface area contributed by atoms with Crippen molar-refractivity contribution >= 4 is 11.6 Å². The molecule has 1 heterocycles. The van der Waals surface area contributed by atoms with Crippen LogP contribution in [0.15, 0.2) is 48.5 Å². The van der Waals surface area contributed by atoms with Gasteiger partial charge in [-0.1, -0.05) is 30.3 Å². The Labute approximate surface area is 153 Å². The summed E-state index contributed by atoms with van der Waals surface area (Å²) in [5.74, 6) is -1.23. The predicted octanol–water partition coefficient (Wildman–Crippen LogP) is 4.25. The number of amides is 1. The number of anilines is 1. The van der Waals surface area contributed by atoms with Gasteiger partial charge in [0.15, 0.2) is 11.6 Å². The minimum Gasteiger partial charge on any atom is -0.374 e. The molecule has 0 saturated carbocycles. The summed E-state index contributed by atoms with van der Waals surface area (Å²) >= 11 is 0. The molecule has 5 heteroatoms. The van der Waals surface area contributed by atoms with Gasteiger partial charge in [-0.2, -0.15) is 0 Å². The first-order chi connectivity index (χ1) is 12.5. The molecule has 26 heavy (non-hydrogen) atoms. The van der Waals surface area contributed by atoms with E-state index < -0.39 is 17.7 Å². The number of carbonyl (C=O) groups excluding carboxylic acids is 1. The van der Waals surface area contributed by atoms with E-state index in [2.05, 4.69) is 29.6 Å². The van der Waals surface area contributed by atoms with Crippen LogP contribution in [-0.2, 0) is 11.2 Å². The fourth-order valence-electron chi connectivity index (χ4n) is 3.48. The van der Waals surface area contributed by atoms with Crippen LogP contribution in [0, 0.1) is 17.6 Å². The Morgan fingerprint density at radius 1 is 1.12 bits per heavy atom. The second-order valence-electron chi connectivity index (χ2n) is 6.95. The number of benzene rings is 2. The van der Waals surface area contributed by atoms with Crippen molar-refractivity contribution in [3.8, 4) is 0 Å². The summed E-state index contributed by atoms with van der Waals surface area (Å²) in [6, 6.07) is 13.5. The Morgan fingerprint density at radius 2 is 1.81 bits per heavy atom. The van der Waals surface area contributed by atoms with Crippen molar-refractivity contribution in [1.82, 2.24) is 4.90 Å². The van der Waals surface area contributed by atoms with Crippen molar-refractivity contribution in [1.29, 1.82) is 0 Å². The fraction of sp³-hybridized carbons (Fsp3) is 0.381. The molecule has 1 saturated heterocycles. The summed E-state index contributed by atoms with van der Waals surface area (Å²) in [6.07, 6.45) is 3.02. The Morgan fingerprint density at radius 3 is 2.46 bits per heavy atom. The third-order valence-electron chi connectivity index (χ3n) is 4.97. The highest BCUT2D eigenvalue weighted by atomic mass is 19.2. The molecular formula is C21H24F2N2O. The zero-order valence-electron chi connectivity index (χ0n) is 14.9. The molecule has 1 unspecified atom stereocenters.